The van der Waals surface area contributed by atoms with Gasteiger partial charge in [0, 0.05) is 4.47 Å². The van der Waals surface area contributed by atoms with Gasteiger partial charge in [-0.25, -0.2) is 12.8 Å². The summed E-state index contributed by atoms with van der Waals surface area (Å²) in [6.45, 7) is 1.95. The molecule has 0 saturated heterocycles. The highest BCUT2D eigenvalue weighted by atomic mass is 79.9. The van der Waals surface area contributed by atoms with Gasteiger partial charge in [0.2, 0.25) is 0 Å². The number of rotatable bonds is 5. The van der Waals surface area contributed by atoms with Gasteiger partial charge in [-0.05, 0) is 43.7 Å². The lowest BCUT2D eigenvalue weighted by Gasteiger charge is -2.12. The Hall–Kier alpha value is -0.460. The van der Waals surface area contributed by atoms with Crippen LogP contribution in [-0.4, -0.2) is 20.2 Å². The maximum atomic E-state index is 13.1. The SMILES string of the molecule is CC(CCN)S(=O)(=O)Cc1cc(F)cc(Br)c1. The lowest BCUT2D eigenvalue weighted by atomic mass is 10.2. The van der Waals surface area contributed by atoms with E-state index in [9.17, 15) is 12.8 Å². The minimum Gasteiger partial charge on any atom is -0.330 e. The van der Waals surface area contributed by atoms with Crippen LogP contribution in [0.3, 0.4) is 0 Å². The summed E-state index contributed by atoms with van der Waals surface area (Å²) in [7, 11) is -3.28. The quantitative estimate of drug-likeness (QED) is 0.904. The molecule has 0 bridgehead atoms. The van der Waals surface area contributed by atoms with E-state index in [1.54, 1.807) is 13.0 Å². The largest absolute Gasteiger partial charge is 0.330 e. The van der Waals surface area contributed by atoms with Gasteiger partial charge in [-0.2, -0.15) is 0 Å². The highest BCUT2D eigenvalue weighted by Gasteiger charge is 2.20. The maximum Gasteiger partial charge on any atom is 0.157 e. The molecule has 3 nitrogen and oxygen atoms in total. The normalized spacial score (nSPS) is 13.6. The van der Waals surface area contributed by atoms with Crippen LogP contribution < -0.4 is 5.73 Å². The van der Waals surface area contributed by atoms with Crippen LogP contribution in [0.1, 0.15) is 18.9 Å². The van der Waals surface area contributed by atoms with E-state index in [2.05, 4.69) is 15.9 Å². The van der Waals surface area contributed by atoms with Crippen LogP contribution in [0.2, 0.25) is 0 Å². The third kappa shape index (κ3) is 4.37. The Morgan fingerprint density at radius 3 is 2.59 bits per heavy atom. The molecule has 6 heteroatoms. The molecule has 0 aliphatic rings. The Bertz CT molecular complexity index is 470. The smallest absolute Gasteiger partial charge is 0.157 e. The Morgan fingerprint density at radius 2 is 2.06 bits per heavy atom. The molecule has 1 rings (SSSR count). The summed E-state index contributed by atoms with van der Waals surface area (Å²) in [6.07, 6.45) is 0.415. The number of nitrogens with two attached hydrogens (primary N) is 1. The van der Waals surface area contributed by atoms with Crippen molar-refractivity contribution in [2.75, 3.05) is 6.54 Å². The molecule has 0 saturated carbocycles. The summed E-state index contributed by atoms with van der Waals surface area (Å²) < 4.78 is 37.5. The van der Waals surface area contributed by atoms with Gasteiger partial charge in [0.15, 0.2) is 9.84 Å². The number of hydrogen-bond acceptors (Lipinski definition) is 3. The predicted molar refractivity (Wildman–Crippen MR) is 69.9 cm³/mol. The summed E-state index contributed by atoms with van der Waals surface area (Å²) >= 11 is 3.13. The minimum absolute atomic E-state index is 0.162. The van der Waals surface area contributed by atoms with Crippen molar-refractivity contribution >= 4 is 25.8 Å². The van der Waals surface area contributed by atoms with Crippen LogP contribution in [0.15, 0.2) is 22.7 Å². The topological polar surface area (TPSA) is 60.2 Å². The predicted octanol–water partition coefficient (Wildman–Crippen LogP) is 2.24. The van der Waals surface area contributed by atoms with Gasteiger partial charge in [0.05, 0.1) is 11.0 Å². The van der Waals surface area contributed by atoms with Crippen molar-refractivity contribution in [3.63, 3.8) is 0 Å². The van der Waals surface area contributed by atoms with Crippen LogP contribution in [0.5, 0.6) is 0 Å². The molecule has 1 aromatic rings. The number of halogens is 2. The van der Waals surface area contributed by atoms with Crippen LogP contribution >= 0.6 is 15.9 Å². The molecular formula is C11H15BrFNO2S. The maximum absolute atomic E-state index is 13.1. The first-order chi connectivity index (χ1) is 7.85. The van der Waals surface area contributed by atoms with Crippen molar-refractivity contribution in [2.24, 2.45) is 5.73 Å². The van der Waals surface area contributed by atoms with Gasteiger partial charge in [-0.1, -0.05) is 15.9 Å². The van der Waals surface area contributed by atoms with E-state index in [0.717, 1.165) is 0 Å². The van der Waals surface area contributed by atoms with Crippen LogP contribution in [0.25, 0.3) is 0 Å². The van der Waals surface area contributed by atoms with E-state index in [1.165, 1.54) is 12.1 Å². The van der Waals surface area contributed by atoms with Gasteiger partial charge < -0.3 is 5.73 Å². The second-order valence-electron chi connectivity index (χ2n) is 3.97. The average molecular weight is 324 g/mol. The van der Waals surface area contributed by atoms with E-state index >= 15 is 0 Å². The van der Waals surface area contributed by atoms with E-state index < -0.39 is 20.9 Å². The molecular weight excluding hydrogens is 309 g/mol. The molecule has 1 unspecified atom stereocenters. The average Bonchev–Trinajstić information content (AvgIpc) is 2.15. The molecule has 0 radical (unpaired) electrons. The van der Waals surface area contributed by atoms with Crippen LogP contribution in [0, 0.1) is 5.82 Å². The molecule has 0 heterocycles. The fourth-order valence-electron chi connectivity index (χ4n) is 1.48. The van der Waals surface area contributed by atoms with E-state index in [0.29, 0.717) is 23.0 Å². The van der Waals surface area contributed by atoms with Gasteiger partial charge >= 0.3 is 0 Å². The molecule has 0 spiro atoms. The van der Waals surface area contributed by atoms with E-state index in [-0.39, 0.29) is 5.75 Å². The summed E-state index contributed by atoms with van der Waals surface area (Å²) in [4.78, 5) is 0. The van der Waals surface area contributed by atoms with Crippen LogP contribution in [0.4, 0.5) is 4.39 Å². The first-order valence-corrected chi connectivity index (χ1v) is 7.72. The third-order valence-electron chi connectivity index (χ3n) is 2.48. The van der Waals surface area contributed by atoms with E-state index in [4.69, 9.17) is 5.73 Å². The standard InChI is InChI=1S/C11H15BrFNO2S/c1-8(2-3-14)17(15,16)7-9-4-10(12)6-11(13)5-9/h4-6,8H,2-3,7,14H2,1H3. The Balaban J connectivity index is 2.90. The Labute approximate surface area is 109 Å². The van der Waals surface area contributed by atoms with Crippen LogP contribution in [-0.2, 0) is 15.6 Å². The summed E-state index contributed by atoms with van der Waals surface area (Å²) in [5.41, 5.74) is 5.78. The van der Waals surface area contributed by atoms with Crippen molar-refractivity contribution in [1.82, 2.24) is 0 Å². The second kappa shape index (κ2) is 5.93. The lowest BCUT2D eigenvalue weighted by Crippen LogP contribution is -2.22. The molecule has 0 aromatic heterocycles. The molecule has 0 fully saturated rings. The van der Waals surface area contributed by atoms with Crippen molar-refractivity contribution in [3.05, 3.63) is 34.1 Å². The van der Waals surface area contributed by atoms with Crippen molar-refractivity contribution in [1.29, 1.82) is 0 Å². The highest BCUT2D eigenvalue weighted by Crippen LogP contribution is 2.19. The molecule has 1 atom stereocenters. The van der Waals surface area contributed by atoms with Gasteiger partial charge in [0.25, 0.3) is 0 Å². The molecule has 0 aliphatic carbocycles. The number of sulfone groups is 1. The van der Waals surface area contributed by atoms with Crippen molar-refractivity contribution in [3.8, 4) is 0 Å². The summed E-state index contributed by atoms with van der Waals surface area (Å²) in [5.74, 6) is -0.610. The Morgan fingerprint density at radius 1 is 1.41 bits per heavy atom. The minimum atomic E-state index is -3.28. The summed E-state index contributed by atoms with van der Waals surface area (Å²) in [5, 5.41) is -0.505. The van der Waals surface area contributed by atoms with Gasteiger partial charge in [0.1, 0.15) is 5.82 Å². The second-order valence-corrected chi connectivity index (χ2v) is 7.31. The molecule has 1 aromatic carbocycles. The third-order valence-corrected chi connectivity index (χ3v) is 5.13. The zero-order chi connectivity index (χ0) is 13.1. The molecule has 0 amide bonds. The lowest BCUT2D eigenvalue weighted by molar-refractivity contribution is 0.577. The van der Waals surface area contributed by atoms with Gasteiger partial charge in [-0.3, -0.25) is 0 Å². The zero-order valence-electron chi connectivity index (χ0n) is 9.49. The van der Waals surface area contributed by atoms with E-state index in [1.807, 2.05) is 0 Å². The number of benzene rings is 1. The first kappa shape index (κ1) is 14.6. The zero-order valence-corrected chi connectivity index (χ0v) is 11.9. The van der Waals surface area contributed by atoms with Crippen molar-refractivity contribution in [2.45, 2.75) is 24.3 Å². The molecule has 17 heavy (non-hydrogen) atoms. The van der Waals surface area contributed by atoms with Gasteiger partial charge in [-0.15, -0.1) is 0 Å². The fourth-order valence-corrected chi connectivity index (χ4v) is 3.41. The fraction of sp³-hybridized carbons (Fsp3) is 0.455. The highest BCUT2D eigenvalue weighted by molar-refractivity contribution is 9.10. The summed E-state index contributed by atoms with van der Waals surface area (Å²) in [6, 6.07) is 4.13. The van der Waals surface area contributed by atoms with Crippen molar-refractivity contribution < 1.29 is 12.8 Å². The number of hydrogen-bond donors (Lipinski definition) is 1. The molecule has 96 valence electrons. The molecule has 0 aliphatic heterocycles. The monoisotopic (exact) mass is 323 g/mol. The first-order valence-electron chi connectivity index (χ1n) is 5.22. The molecule has 2 N–H and O–H groups in total. The Kier molecular flexibility index (Phi) is 5.09.